The van der Waals surface area contributed by atoms with Crippen LogP contribution in [0.2, 0.25) is 0 Å². The van der Waals surface area contributed by atoms with Crippen molar-refractivity contribution >= 4 is 11.7 Å². The van der Waals surface area contributed by atoms with Gasteiger partial charge in [0.2, 0.25) is 5.43 Å². The summed E-state index contributed by atoms with van der Waals surface area (Å²) < 4.78 is 7.13. The lowest BCUT2D eigenvalue weighted by atomic mass is 10.0. The van der Waals surface area contributed by atoms with Gasteiger partial charge in [0.1, 0.15) is 6.17 Å². The van der Waals surface area contributed by atoms with Crippen molar-refractivity contribution in [1.29, 1.82) is 0 Å². The SMILES string of the molecule is COc1c2n(cc(C(=O)CCc3ccccc3)c1=O)C[C@H]1N(C[C@@H]3CCCN31)C2=O. The summed E-state index contributed by atoms with van der Waals surface area (Å²) in [4.78, 5) is 43.4. The Morgan fingerprint density at radius 2 is 1.97 bits per heavy atom. The number of benzene rings is 1. The minimum atomic E-state index is -0.492. The second-order valence-electron chi connectivity index (χ2n) is 8.29. The molecule has 1 aromatic carbocycles. The zero-order valence-corrected chi connectivity index (χ0v) is 17.0. The highest BCUT2D eigenvalue weighted by atomic mass is 16.5. The Morgan fingerprint density at radius 3 is 2.73 bits per heavy atom. The average Bonchev–Trinajstić information content (AvgIpc) is 3.35. The summed E-state index contributed by atoms with van der Waals surface area (Å²) in [5, 5.41) is 0. The number of methoxy groups -OCH3 is 1. The molecule has 0 aliphatic carbocycles. The molecule has 7 heteroatoms. The number of aryl methyl sites for hydroxylation is 1. The van der Waals surface area contributed by atoms with Crippen molar-refractivity contribution in [2.45, 2.75) is 44.4 Å². The Bertz CT molecular complexity index is 1060. The van der Waals surface area contributed by atoms with Crippen LogP contribution in [0, 0.1) is 0 Å². The van der Waals surface area contributed by atoms with Gasteiger partial charge in [0.15, 0.2) is 17.2 Å². The summed E-state index contributed by atoms with van der Waals surface area (Å²) in [5.74, 6) is -0.424. The third-order valence-corrected chi connectivity index (χ3v) is 6.62. The Balaban J connectivity index is 1.48. The van der Waals surface area contributed by atoms with Gasteiger partial charge >= 0.3 is 0 Å². The number of fused-ring (bicyclic) bond motifs is 4. The molecule has 0 spiro atoms. The number of amides is 1. The molecule has 3 aliphatic heterocycles. The second-order valence-corrected chi connectivity index (χ2v) is 8.29. The molecule has 2 aromatic rings. The van der Waals surface area contributed by atoms with E-state index in [2.05, 4.69) is 4.90 Å². The standard InChI is InChI=1S/C23H25N3O4/c1-30-22-20-23(29)26-12-16-8-5-11-25(16)19(26)14-24(20)13-17(21(22)28)18(27)10-9-15-6-3-2-4-7-15/h2-4,6-7,13,16,19H,5,8-12,14H2,1H3/t16-,19+/m0/s1. The molecule has 3 aliphatic rings. The van der Waals surface area contributed by atoms with Crippen LogP contribution in [0.25, 0.3) is 0 Å². The molecule has 30 heavy (non-hydrogen) atoms. The van der Waals surface area contributed by atoms with Crippen molar-refractivity contribution in [3.8, 4) is 5.75 Å². The Morgan fingerprint density at radius 1 is 1.17 bits per heavy atom. The van der Waals surface area contributed by atoms with Gasteiger partial charge in [-0.1, -0.05) is 30.3 Å². The predicted molar refractivity (Wildman–Crippen MR) is 111 cm³/mol. The maximum atomic E-state index is 13.2. The molecule has 5 rings (SSSR count). The van der Waals surface area contributed by atoms with E-state index in [9.17, 15) is 14.4 Å². The van der Waals surface area contributed by atoms with Crippen molar-refractivity contribution in [1.82, 2.24) is 14.4 Å². The van der Waals surface area contributed by atoms with Gasteiger partial charge in [0.25, 0.3) is 5.91 Å². The smallest absolute Gasteiger partial charge is 0.275 e. The van der Waals surface area contributed by atoms with Gasteiger partial charge in [-0.3, -0.25) is 19.3 Å². The van der Waals surface area contributed by atoms with Crippen LogP contribution in [0.5, 0.6) is 5.75 Å². The van der Waals surface area contributed by atoms with E-state index in [-0.39, 0.29) is 41.3 Å². The van der Waals surface area contributed by atoms with Gasteiger partial charge in [-0.05, 0) is 24.8 Å². The summed E-state index contributed by atoms with van der Waals surface area (Å²) >= 11 is 0. The Kier molecular flexibility index (Phi) is 4.70. The fourth-order valence-corrected chi connectivity index (χ4v) is 5.14. The first-order valence-corrected chi connectivity index (χ1v) is 10.5. The van der Waals surface area contributed by atoms with Crippen LogP contribution in [0.15, 0.2) is 41.3 Å². The predicted octanol–water partition coefficient (Wildman–Crippen LogP) is 1.93. The number of ketones is 1. The van der Waals surface area contributed by atoms with Crippen molar-refractivity contribution in [2.75, 3.05) is 20.2 Å². The highest BCUT2D eigenvalue weighted by Crippen LogP contribution is 2.35. The van der Waals surface area contributed by atoms with Gasteiger partial charge in [0.05, 0.1) is 19.2 Å². The summed E-state index contributed by atoms with van der Waals surface area (Å²) in [6, 6.07) is 10.1. The molecule has 2 saturated heterocycles. The average molecular weight is 407 g/mol. The molecule has 0 unspecified atom stereocenters. The first kappa shape index (κ1) is 19.1. The molecule has 0 bridgehead atoms. The number of rotatable bonds is 5. The highest BCUT2D eigenvalue weighted by molar-refractivity contribution is 6.00. The molecule has 156 valence electrons. The summed E-state index contributed by atoms with van der Waals surface area (Å²) in [5.41, 5.74) is 0.921. The molecule has 0 radical (unpaired) electrons. The van der Waals surface area contributed by atoms with Crippen LogP contribution < -0.4 is 10.2 Å². The molecule has 2 fully saturated rings. The molecule has 0 N–H and O–H groups in total. The van der Waals surface area contributed by atoms with E-state index in [1.54, 1.807) is 10.8 Å². The largest absolute Gasteiger partial charge is 0.491 e. The number of carbonyl (C=O) groups is 2. The maximum absolute atomic E-state index is 13.2. The van der Waals surface area contributed by atoms with Crippen molar-refractivity contribution in [3.63, 3.8) is 0 Å². The van der Waals surface area contributed by atoms with E-state index in [1.165, 1.54) is 7.11 Å². The van der Waals surface area contributed by atoms with Crippen LogP contribution in [0.1, 0.15) is 45.7 Å². The molecular weight excluding hydrogens is 382 g/mol. The number of ether oxygens (including phenoxy) is 1. The quantitative estimate of drug-likeness (QED) is 0.709. The number of hydrogen-bond donors (Lipinski definition) is 0. The monoisotopic (exact) mass is 407 g/mol. The summed E-state index contributed by atoms with van der Waals surface area (Å²) in [6.07, 6.45) is 4.60. The molecule has 2 atom stereocenters. The molecule has 4 heterocycles. The minimum Gasteiger partial charge on any atom is -0.491 e. The minimum absolute atomic E-state index is 0.0167. The molecule has 1 amide bonds. The van der Waals surface area contributed by atoms with Crippen molar-refractivity contribution < 1.29 is 14.3 Å². The zero-order chi connectivity index (χ0) is 20.8. The highest BCUT2D eigenvalue weighted by Gasteiger charge is 2.48. The van der Waals surface area contributed by atoms with Gasteiger partial charge in [-0.15, -0.1) is 0 Å². The van der Waals surface area contributed by atoms with Crippen LogP contribution in [0.4, 0.5) is 0 Å². The first-order valence-electron chi connectivity index (χ1n) is 10.5. The lowest BCUT2D eigenvalue weighted by Crippen LogP contribution is -2.50. The lowest BCUT2D eigenvalue weighted by molar-refractivity contribution is 0.0513. The summed E-state index contributed by atoms with van der Waals surface area (Å²) in [7, 11) is 1.39. The van der Waals surface area contributed by atoms with E-state index >= 15 is 0 Å². The maximum Gasteiger partial charge on any atom is 0.275 e. The van der Waals surface area contributed by atoms with Crippen LogP contribution >= 0.6 is 0 Å². The number of aromatic nitrogens is 1. The second kappa shape index (κ2) is 7.40. The van der Waals surface area contributed by atoms with Crippen LogP contribution in [-0.2, 0) is 13.0 Å². The van der Waals surface area contributed by atoms with E-state index in [0.29, 0.717) is 25.6 Å². The van der Waals surface area contributed by atoms with E-state index < -0.39 is 5.43 Å². The summed E-state index contributed by atoms with van der Waals surface area (Å²) in [6.45, 7) is 2.22. The van der Waals surface area contributed by atoms with Crippen LogP contribution in [0.3, 0.4) is 0 Å². The number of carbonyl (C=O) groups excluding carboxylic acids is 2. The lowest BCUT2D eigenvalue weighted by Gasteiger charge is -2.36. The third-order valence-electron chi connectivity index (χ3n) is 6.62. The third kappa shape index (κ3) is 2.96. The molecule has 7 nitrogen and oxygen atoms in total. The normalized spacial score (nSPS) is 22.6. The molecular formula is C23H25N3O4. The number of pyridine rings is 1. The van der Waals surface area contributed by atoms with E-state index in [4.69, 9.17) is 4.74 Å². The number of hydrogen-bond acceptors (Lipinski definition) is 5. The van der Waals surface area contributed by atoms with Gasteiger partial charge < -0.3 is 14.2 Å². The van der Waals surface area contributed by atoms with Crippen molar-refractivity contribution in [3.05, 3.63) is 63.6 Å². The Labute approximate surface area is 174 Å². The Hall–Kier alpha value is -2.93. The van der Waals surface area contributed by atoms with E-state index in [1.807, 2.05) is 35.2 Å². The number of Topliss-reactive ketones (excluding diaryl/α,β-unsaturated/α-hetero) is 1. The van der Waals surface area contributed by atoms with Gasteiger partial charge in [0, 0.05) is 31.7 Å². The topological polar surface area (TPSA) is 71.8 Å². The van der Waals surface area contributed by atoms with Gasteiger partial charge in [-0.25, -0.2) is 0 Å². The van der Waals surface area contributed by atoms with Crippen LogP contribution in [-0.4, -0.2) is 58.5 Å². The fourth-order valence-electron chi connectivity index (χ4n) is 5.14. The van der Waals surface area contributed by atoms with E-state index in [0.717, 1.165) is 24.9 Å². The van der Waals surface area contributed by atoms with Crippen molar-refractivity contribution in [2.24, 2.45) is 0 Å². The fraction of sp³-hybridized carbons (Fsp3) is 0.435. The number of nitrogens with zero attached hydrogens (tertiary/aromatic N) is 3. The zero-order valence-electron chi connectivity index (χ0n) is 17.0. The molecule has 1 aromatic heterocycles. The van der Waals surface area contributed by atoms with Gasteiger partial charge in [-0.2, -0.15) is 0 Å². The first-order chi connectivity index (χ1) is 14.6. The molecule has 0 saturated carbocycles.